The summed E-state index contributed by atoms with van der Waals surface area (Å²) in [5.41, 5.74) is 0. The van der Waals surface area contributed by atoms with Crippen molar-refractivity contribution >= 4 is 0 Å². The highest BCUT2D eigenvalue weighted by Gasteiger charge is 1.95. The first-order valence-corrected chi connectivity index (χ1v) is 12.6. The normalized spacial score (nSPS) is 10.9. The fourth-order valence-electron chi connectivity index (χ4n) is 3.81. The molecule has 0 atom stereocenters. The predicted octanol–water partition coefficient (Wildman–Crippen LogP) is 8.97. The van der Waals surface area contributed by atoms with Crippen molar-refractivity contribution in [2.75, 3.05) is 13.1 Å². The summed E-state index contributed by atoms with van der Waals surface area (Å²) < 4.78 is 0. The van der Waals surface area contributed by atoms with Gasteiger partial charge in [-0.1, -0.05) is 136 Å². The summed E-state index contributed by atoms with van der Waals surface area (Å²) in [5.74, 6) is 0. The summed E-state index contributed by atoms with van der Waals surface area (Å²) >= 11 is 0. The first kappa shape index (κ1) is 29.1. The minimum Gasteiger partial charge on any atom is -0.344 e. The van der Waals surface area contributed by atoms with Gasteiger partial charge in [-0.3, -0.25) is 0 Å². The standard InChI is InChI=1S/C25H53N.H3N/c1-3-5-6-7-8-9-10-11-12-13-14-15-16-17-18-19-20-21-22-23-25-26-24-4-2;/h26H,3-25H2,1-2H3;1H3. The van der Waals surface area contributed by atoms with E-state index < -0.39 is 0 Å². The van der Waals surface area contributed by atoms with Gasteiger partial charge in [0, 0.05) is 0 Å². The van der Waals surface area contributed by atoms with E-state index in [1.807, 2.05) is 0 Å². The van der Waals surface area contributed by atoms with Gasteiger partial charge in [0.05, 0.1) is 0 Å². The van der Waals surface area contributed by atoms with Crippen molar-refractivity contribution in [1.82, 2.24) is 11.5 Å². The van der Waals surface area contributed by atoms with Crippen molar-refractivity contribution in [3.8, 4) is 0 Å². The molecule has 0 saturated heterocycles. The number of hydrogen-bond acceptors (Lipinski definition) is 2. The molecule has 0 spiro atoms. The molecule has 2 nitrogen and oxygen atoms in total. The Morgan fingerprint density at radius 2 is 0.630 bits per heavy atom. The zero-order valence-corrected chi connectivity index (χ0v) is 19.5. The van der Waals surface area contributed by atoms with Crippen LogP contribution < -0.4 is 11.5 Å². The van der Waals surface area contributed by atoms with Gasteiger partial charge in [0.15, 0.2) is 0 Å². The summed E-state index contributed by atoms with van der Waals surface area (Å²) in [5, 5.41) is 3.49. The van der Waals surface area contributed by atoms with Crippen LogP contribution >= 0.6 is 0 Å². The number of rotatable bonds is 23. The van der Waals surface area contributed by atoms with E-state index in [2.05, 4.69) is 19.2 Å². The van der Waals surface area contributed by atoms with Gasteiger partial charge in [0.1, 0.15) is 0 Å². The molecule has 0 bridgehead atoms. The Morgan fingerprint density at radius 3 is 0.926 bits per heavy atom. The third-order valence-electron chi connectivity index (χ3n) is 5.63. The Labute approximate surface area is 173 Å². The van der Waals surface area contributed by atoms with E-state index in [0.29, 0.717) is 0 Å². The molecule has 0 fully saturated rings. The second-order valence-electron chi connectivity index (χ2n) is 8.47. The summed E-state index contributed by atoms with van der Waals surface area (Å²) in [7, 11) is 0. The molecular weight excluding hydrogens is 328 g/mol. The van der Waals surface area contributed by atoms with Crippen LogP contribution in [-0.2, 0) is 0 Å². The predicted molar refractivity (Wildman–Crippen MR) is 126 cm³/mol. The molecule has 0 heterocycles. The van der Waals surface area contributed by atoms with Crippen molar-refractivity contribution in [3.05, 3.63) is 0 Å². The maximum atomic E-state index is 3.49. The molecule has 27 heavy (non-hydrogen) atoms. The molecule has 0 rings (SSSR count). The average Bonchev–Trinajstić information content (AvgIpc) is 2.66. The summed E-state index contributed by atoms with van der Waals surface area (Å²) in [4.78, 5) is 0. The summed E-state index contributed by atoms with van der Waals surface area (Å²) in [6, 6.07) is 0. The Balaban J connectivity index is 0. The van der Waals surface area contributed by atoms with Gasteiger partial charge in [-0.25, -0.2) is 0 Å². The van der Waals surface area contributed by atoms with Gasteiger partial charge < -0.3 is 11.5 Å². The van der Waals surface area contributed by atoms with Crippen LogP contribution in [0, 0.1) is 0 Å². The quantitative estimate of drug-likeness (QED) is 0.173. The van der Waals surface area contributed by atoms with Crippen LogP contribution in [-0.4, -0.2) is 13.1 Å². The molecule has 0 aliphatic rings. The molecule has 0 radical (unpaired) electrons. The second kappa shape index (κ2) is 28.1. The van der Waals surface area contributed by atoms with Crippen LogP contribution in [0.25, 0.3) is 0 Å². The highest BCUT2D eigenvalue weighted by molar-refractivity contribution is 4.52. The van der Waals surface area contributed by atoms with E-state index in [1.54, 1.807) is 0 Å². The van der Waals surface area contributed by atoms with Crippen LogP contribution in [0.4, 0.5) is 0 Å². The molecule has 0 aromatic heterocycles. The topological polar surface area (TPSA) is 47.0 Å². The van der Waals surface area contributed by atoms with Gasteiger partial charge in [0.25, 0.3) is 0 Å². The largest absolute Gasteiger partial charge is 0.344 e. The lowest BCUT2D eigenvalue weighted by molar-refractivity contribution is 0.519. The van der Waals surface area contributed by atoms with E-state index in [1.165, 1.54) is 148 Å². The van der Waals surface area contributed by atoms with Crippen molar-refractivity contribution in [3.63, 3.8) is 0 Å². The Morgan fingerprint density at radius 1 is 0.333 bits per heavy atom. The minimum absolute atomic E-state index is 0. The summed E-state index contributed by atoms with van der Waals surface area (Å²) in [6.45, 7) is 6.96. The van der Waals surface area contributed by atoms with Gasteiger partial charge in [-0.2, -0.15) is 0 Å². The summed E-state index contributed by atoms with van der Waals surface area (Å²) in [6.07, 6.45) is 30.5. The third kappa shape index (κ3) is 28.2. The molecule has 0 aliphatic heterocycles. The van der Waals surface area contributed by atoms with E-state index >= 15 is 0 Å². The van der Waals surface area contributed by atoms with Crippen LogP contribution in [0.3, 0.4) is 0 Å². The molecule has 0 aromatic rings. The van der Waals surface area contributed by atoms with Crippen molar-refractivity contribution < 1.29 is 0 Å². The molecular formula is C25H56N2. The SMILES string of the molecule is CCCCCCCCCCCCCCCCCCCCCCNCCC.N. The van der Waals surface area contributed by atoms with E-state index in [4.69, 9.17) is 0 Å². The van der Waals surface area contributed by atoms with Crippen LogP contribution in [0.1, 0.15) is 149 Å². The van der Waals surface area contributed by atoms with Crippen molar-refractivity contribution in [1.29, 1.82) is 0 Å². The molecule has 0 aromatic carbocycles. The van der Waals surface area contributed by atoms with Gasteiger partial charge in [-0.05, 0) is 25.9 Å². The zero-order chi connectivity index (χ0) is 19.0. The molecule has 4 N–H and O–H groups in total. The molecule has 0 amide bonds. The Kier molecular flexibility index (Phi) is 30.3. The number of unbranched alkanes of at least 4 members (excludes halogenated alkanes) is 19. The second-order valence-corrected chi connectivity index (χ2v) is 8.47. The first-order chi connectivity index (χ1) is 12.9. The third-order valence-corrected chi connectivity index (χ3v) is 5.63. The lowest BCUT2D eigenvalue weighted by Gasteiger charge is -2.04. The van der Waals surface area contributed by atoms with E-state index in [9.17, 15) is 0 Å². The van der Waals surface area contributed by atoms with Crippen molar-refractivity contribution in [2.45, 2.75) is 149 Å². The first-order valence-electron chi connectivity index (χ1n) is 12.6. The van der Waals surface area contributed by atoms with Gasteiger partial charge >= 0.3 is 0 Å². The van der Waals surface area contributed by atoms with Crippen LogP contribution in [0.2, 0.25) is 0 Å². The lowest BCUT2D eigenvalue weighted by atomic mass is 10.0. The highest BCUT2D eigenvalue weighted by Crippen LogP contribution is 2.14. The Bertz CT molecular complexity index is 206. The van der Waals surface area contributed by atoms with Gasteiger partial charge in [0.2, 0.25) is 0 Å². The van der Waals surface area contributed by atoms with Gasteiger partial charge in [-0.15, -0.1) is 0 Å². The highest BCUT2D eigenvalue weighted by atomic mass is 14.8. The molecule has 0 saturated carbocycles. The smallest absolute Gasteiger partial charge is 0.00489 e. The van der Waals surface area contributed by atoms with E-state index in [0.717, 1.165) is 0 Å². The molecule has 166 valence electrons. The fraction of sp³-hybridized carbons (Fsp3) is 1.00. The monoisotopic (exact) mass is 384 g/mol. The maximum absolute atomic E-state index is 3.49. The molecule has 0 aliphatic carbocycles. The average molecular weight is 385 g/mol. The molecule has 2 heteroatoms. The lowest BCUT2D eigenvalue weighted by Crippen LogP contribution is -2.15. The van der Waals surface area contributed by atoms with Crippen molar-refractivity contribution in [2.24, 2.45) is 0 Å². The fourth-order valence-corrected chi connectivity index (χ4v) is 3.81. The van der Waals surface area contributed by atoms with E-state index in [-0.39, 0.29) is 6.15 Å². The minimum atomic E-state index is 0. The molecule has 0 unspecified atom stereocenters. The van der Waals surface area contributed by atoms with Crippen LogP contribution in [0.5, 0.6) is 0 Å². The number of hydrogen-bond donors (Lipinski definition) is 2. The maximum Gasteiger partial charge on any atom is -0.00489 e. The van der Waals surface area contributed by atoms with Crippen LogP contribution in [0.15, 0.2) is 0 Å². The Hall–Kier alpha value is -0.0800. The number of nitrogens with one attached hydrogen (secondary N) is 1. The zero-order valence-electron chi connectivity index (χ0n) is 19.5.